The van der Waals surface area contributed by atoms with Crippen LogP contribution >= 0.6 is 0 Å². The van der Waals surface area contributed by atoms with Crippen molar-refractivity contribution in [1.29, 1.82) is 0 Å². The predicted molar refractivity (Wildman–Crippen MR) is 107 cm³/mol. The molecule has 3 heterocycles. The molecule has 4 heteroatoms. The number of nitrogens with zero attached hydrogens (tertiary/aromatic N) is 3. The maximum atomic E-state index is 4.20. The van der Waals surface area contributed by atoms with Crippen molar-refractivity contribution in [2.75, 3.05) is 26.7 Å². The van der Waals surface area contributed by atoms with Gasteiger partial charge in [0.15, 0.2) is 0 Å². The number of fused-ring (bicyclic) bond motifs is 1. The van der Waals surface area contributed by atoms with Crippen LogP contribution in [0.25, 0.3) is 10.9 Å². The van der Waals surface area contributed by atoms with Gasteiger partial charge in [-0.05, 0) is 57.1 Å². The van der Waals surface area contributed by atoms with Gasteiger partial charge in [0.2, 0.25) is 0 Å². The number of hydrogen-bond donors (Lipinski definition) is 1. The van der Waals surface area contributed by atoms with Gasteiger partial charge < -0.3 is 9.88 Å². The first-order valence-electron chi connectivity index (χ1n) is 9.66. The van der Waals surface area contributed by atoms with Gasteiger partial charge in [-0.2, -0.15) is 0 Å². The highest BCUT2D eigenvalue weighted by Gasteiger charge is 2.22. The number of benzene rings is 1. The van der Waals surface area contributed by atoms with Gasteiger partial charge >= 0.3 is 0 Å². The number of likely N-dealkylation sites (tertiary alicyclic amines) is 1. The molecule has 0 atom stereocenters. The van der Waals surface area contributed by atoms with Crippen LogP contribution in [0.4, 0.5) is 0 Å². The Morgan fingerprint density at radius 1 is 1.15 bits per heavy atom. The minimum absolute atomic E-state index is 0.674. The third-order valence-corrected chi connectivity index (χ3v) is 5.64. The van der Waals surface area contributed by atoms with Gasteiger partial charge in [-0.1, -0.05) is 30.3 Å². The molecule has 1 aromatic carbocycles. The smallest absolute Gasteiger partial charge is 0.0487 e. The molecule has 0 aliphatic carbocycles. The summed E-state index contributed by atoms with van der Waals surface area (Å²) in [4.78, 5) is 12.8. The third kappa shape index (κ3) is 4.14. The second-order valence-corrected chi connectivity index (χ2v) is 7.48. The highest BCUT2D eigenvalue weighted by atomic mass is 15.2. The van der Waals surface area contributed by atoms with E-state index in [1.54, 1.807) is 0 Å². The van der Waals surface area contributed by atoms with Crippen LogP contribution < -0.4 is 0 Å². The molecule has 0 spiro atoms. The second-order valence-electron chi connectivity index (χ2n) is 7.48. The van der Waals surface area contributed by atoms with Crippen LogP contribution in [0, 0.1) is 0 Å². The van der Waals surface area contributed by atoms with Crippen LogP contribution in [0.2, 0.25) is 0 Å². The maximum absolute atomic E-state index is 4.20. The minimum atomic E-state index is 0.674. The second kappa shape index (κ2) is 8.02. The van der Waals surface area contributed by atoms with Crippen LogP contribution in [0.15, 0.2) is 54.9 Å². The highest BCUT2D eigenvalue weighted by molar-refractivity contribution is 5.79. The van der Waals surface area contributed by atoms with Crippen molar-refractivity contribution in [3.63, 3.8) is 0 Å². The van der Waals surface area contributed by atoms with Crippen molar-refractivity contribution < 1.29 is 0 Å². The summed E-state index contributed by atoms with van der Waals surface area (Å²) in [6, 6.07) is 15.8. The van der Waals surface area contributed by atoms with Crippen molar-refractivity contribution in [3.8, 4) is 0 Å². The van der Waals surface area contributed by atoms with Crippen LogP contribution in [-0.2, 0) is 13.0 Å². The first kappa shape index (κ1) is 17.3. The average Bonchev–Trinajstić information content (AvgIpc) is 3.10. The van der Waals surface area contributed by atoms with E-state index in [-0.39, 0.29) is 0 Å². The zero-order valence-electron chi connectivity index (χ0n) is 15.6. The van der Waals surface area contributed by atoms with Crippen molar-refractivity contribution in [1.82, 2.24) is 19.8 Å². The molecule has 4 nitrogen and oxygen atoms in total. The molecule has 1 N–H and O–H groups in total. The molecule has 3 aromatic rings. The molecule has 0 saturated carbocycles. The molecule has 0 unspecified atom stereocenters. The molecule has 2 aromatic heterocycles. The summed E-state index contributed by atoms with van der Waals surface area (Å²) in [7, 11) is 2.26. The summed E-state index contributed by atoms with van der Waals surface area (Å²) in [5.41, 5.74) is 3.90. The molecule has 1 aliphatic heterocycles. The minimum Gasteiger partial charge on any atom is -0.357 e. The van der Waals surface area contributed by atoms with Gasteiger partial charge in [-0.25, -0.2) is 0 Å². The lowest BCUT2D eigenvalue weighted by molar-refractivity contribution is 0.123. The molecule has 1 fully saturated rings. The monoisotopic (exact) mass is 348 g/mol. The maximum Gasteiger partial charge on any atom is 0.0487 e. The van der Waals surface area contributed by atoms with Crippen LogP contribution in [0.3, 0.4) is 0 Å². The van der Waals surface area contributed by atoms with E-state index in [9.17, 15) is 0 Å². The van der Waals surface area contributed by atoms with Crippen molar-refractivity contribution >= 4 is 10.9 Å². The standard InChI is InChI=1S/C22H28N4/c1-25(17-20-15-19-16-23-11-7-22(19)24-20)21-9-13-26(14-10-21)12-8-18-5-3-2-4-6-18/h2-7,11,15-16,21,24H,8-10,12-14,17H2,1H3. The molecule has 4 rings (SSSR count). The van der Waals surface area contributed by atoms with Gasteiger partial charge in [0.25, 0.3) is 0 Å². The van der Waals surface area contributed by atoms with Crippen molar-refractivity contribution in [2.45, 2.75) is 31.8 Å². The SMILES string of the molecule is CN(Cc1cc2cnccc2[nH]1)C1CCN(CCc2ccccc2)CC1. The quantitative estimate of drug-likeness (QED) is 0.738. The number of H-pyrrole nitrogens is 1. The number of aromatic nitrogens is 2. The molecule has 0 amide bonds. The number of piperidine rings is 1. The van der Waals surface area contributed by atoms with E-state index in [0.717, 1.165) is 13.0 Å². The summed E-state index contributed by atoms with van der Waals surface area (Å²) < 4.78 is 0. The van der Waals surface area contributed by atoms with Gasteiger partial charge in [0.1, 0.15) is 0 Å². The summed E-state index contributed by atoms with van der Waals surface area (Å²) in [6.07, 6.45) is 7.45. The van der Waals surface area contributed by atoms with Crippen molar-refractivity contribution in [2.24, 2.45) is 0 Å². The van der Waals surface area contributed by atoms with Crippen LogP contribution in [0.5, 0.6) is 0 Å². The lowest BCUT2D eigenvalue weighted by Crippen LogP contribution is -2.43. The predicted octanol–water partition coefficient (Wildman–Crippen LogP) is 3.70. The van der Waals surface area contributed by atoms with E-state index in [2.05, 4.69) is 63.2 Å². The molecule has 26 heavy (non-hydrogen) atoms. The van der Waals surface area contributed by atoms with Gasteiger partial charge in [-0.3, -0.25) is 9.88 Å². The number of nitrogens with one attached hydrogen (secondary N) is 1. The molecule has 0 bridgehead atoms. The third-order valence-electron chi connectivity index (χ3n) is 5.64. The van der Waals surface area contributed by atoms with E-state index < -0.39 is 0 Å². The van der Waals surface area contributed by atoms with E-state index >= 15 is 0 Å². The lowest BCUT2D eigenvalue weighted by Gasteiger charge is -2.36. The van der Waals surface area contributed by atoms with E-state index in [0.29, 0.717) is 6.04 Å². The summed E-state index contributed by atoms with van der Waals surface area (Å²) >= 11 is 0. The Labute approximate surface area is 155 Å². The summed E-state index contributed by atoms with van der Waals surface area (Å²) in [6.45, 7) is 4.57. The fraction of sp³-hybridized carbons (Fsp3) is 0.409. The first-order valence-corrected chi connectivity index (χ1v) is 9.66. The highest BCUT2D eigenvalue weighted by Crippen LogP contribution is 2.20. The summed E-state index contributed by atoms with van der Waals surface area (Å²) in [5, 5.41) is 1.20. The van der Waals surface area contributed by atoms with Gasteiger partial charge in [0.05, 0.1) is 0 Å². The molecular weight excluding hydrogens is 320 g/mol. The van der Waals surface area contributed by atoms with Crippen LogP contribution in [-0.4, -0.2) is 52.5 Å². The van der Waals surface area contributed by atoms with E-state index in [1.807, 2.05) is 18.5 Å². The fourth-order valence-corrected chi connectivity index (χ4v) is 4.03. The molecular formula is C22H28N4. The Bertz CT molecular complexity index is 785. The Kier molecular flexibility index (Phi) is 5.32. The zero-order chi connectivity index (χ0) is 17.8. The molecule has 1 saturated heterocycles. The molecule has 136 valence electrons. The van der Waals surface area contributed by atoms with E-state index in [4.69, 9.17) is 0 Å². The lowest BCUT2D eigenvalue weighted by atomic mass is 10.0. The fourth-order valence-electron chi connectivity index (χ4n) is 4.03. The topological polar surface area (TPSA) is 35.2 Å². The Morgan fingerprint density at radius 3 is 2.73 bits per heavy atom. The molecule has 0 radical (unpaired) electrons. The van der Waals surface area contributed by atoms with Gasteiger partial charge in [0, 0.05) is 48.1 Å². The number of hydrogen-bond acceptors (Lipinski definition) is 3. The number of pyridine rings is 1. The normalized spacial score (nSPS) is 16.5. The first-order chi connectivity index (χ1) is 12.8. The van der Waals surface area contributed by atoms with Crippen molar-refractivity contribution in [3.05, 3.63) is 66.1 Å². The summed E-state index contributed by atoms with van der Waals surface area (Å²) in [5.74, 6) is 0. The Hall–Kier alpha value is -2.17. The van der Waals surface area contributed by atoms with Gasteiger partial charge in [-0.15, -0.1) is 0 Å². The zero-order valence-corrected chi connectivity index (χ0v) is 15.6. The number of rotatable bonds is 6. The average molecular weight is 348 g/mol. The molecule has 1 aliphatic rings. The Morgan fingerprint density at radius 2 is 1.96 bits per heavy atom. The largest absolute Gasteiger partial charge is 0.357 e. The van der Waals surface area contributed by atoms with E-state index in [1.165, 1.54) is 54.6 Å². The number of aromatic amines is 1. The van der Waals surface area contributed by atoms with Crippen LogP contribution in [0.1, 0.15) is 24.1 Å². The Balaban J connectivity index is 1.26.